The second-order valence-electron chi connectivity index (χ2n) is 3.16. The number of nitrogens with one attached hydrogen (secondary N) is 2. The zero-order valence-corrected chi connectivity index (χ0v) is 10.3. The number of hydrogen-bond acceptors (Lipinski definition) is 3. The van der Waals surface area contributed by atoms with Crippen LogP contribution in [0.15, 0.2) is 6.07 Å². The fourth-order valence-corrected chi connectivity index (χ4v) is 1.42. The van der Waals surface area contributed by atoms with Crippen LogP contribution in [-0.4, -0.2) is 41.7 Å². The van der Waals surface area contributed by atoms with Crippen molar-refractivity contribution >= 4 is 35.1 Å². The van der Waals surface area contributed by atoms with Crippen molar-refractivity contribution < 1.29 is 19.4 Å². The summed E-state index contributed by atoms with van der Waals surface area (Å²) in [6, 6.07) is 0.179. The van der Waals surface area contributed by atoms with Crippen LogP contribution in [0.4, 0.5) is 0 Å². The normalized spacial score (nSPS) is 12.2. The van der Waals surface area contributed by atoms with E-state index in [9.17, 15) is 9.59 Å². The van der Waals surface area contributed by atoms with Crippen LogP contribution in [0, 0.1) is 0 Å². The van der Waals surface area contributed by atoms with Gasteiger partial charge < -0.3 is 20.1 Å². The van der Waals surface area contributed by atoms with Gasteiger partial charge in [-0.1, -0.05) is 23.2 Å². The lowest BCUT2D eigenvalue weighted by Crippen LogP contribution is -2.43. The molecule has 0 radical (unpaired) electrons. The zero-order valence-electron chi connectivity index (χ0n) is 8.79. The lowest BCUT2D eigenvalue weighted by Gasteiger charge is -2.12. The van der Waals surface area contributed by atoms with Crippen molar-refractivity contribution in [3.05, 3.63) is 21.9 Å². The van der Waals surface area contributed by atoms with Gasteiger partial charge in [-0.15, -0.1) is 0 Å². The number of ether oxygens (including phenoxy) is 1. The van der Waals surface area contributed by atoms with E-state index in [1.165, 1.54) is 13.2 Å². The van der Waals surface area contributed by atoms with E-state index in [0.717, 1.165) is 0 Å². The summed E-state index contributed by atoms with van der Waals surface area (Å²) in [6.45, 7) is -0.136. The van der Waals surface area contributed by atoms with Crippen molar-refractivity contribution in [2.75, 3.05) is 13.7 Å². The van der Waals surface area contributed by atoms with Crippen molar-refractivity contribution in [2.45, 2.75) is 6.04 Å². The Bertz CT molecular complexity index is 413. The Morgan fingerprint density at radius 2 is 2.24 bits per heavy atom. The summed E-state index contributed by atoms with van der Waals surface area (Å²) in [5, 5.41) is 11.4. The number of carboxylic acid groups (broad SMARTS) is 1. The van der Waals surface area contributed by atoms with Crippen LogP contribution in [0.5, 0.6) is 0 Å². The van der Waals surface area contributed by atoms with Gasteiger partial charge in [0.1, 0.15) is 10.8 Å². The number of amides is 1. The number of methoxy groups -OCH3 is 1. The first kappa shape index (κ1) is 13.8. The predicted molar refractivity (Wildman–Crippen MR) is 61.6 cm³/mol. The molecule has 8 heteroatoms. The van der Waals surface area contributed by atoms with Gasteiger partial charge in [-0.2, -0.15) is 0 Å². The summed E-state index contributed by atoms with van der Waals surface area (Å²) in [7, 11) is 1.34. The Morgan fingerprint density at radius 3 is 2.65 bits per heavy atom. The third-order valence-electron chi connectivity index (χ3n) is 1.91. The van der Waals surface area contributed by atoms with E-state index in [4.69, 9.17) is 28.3 Å². The van der Waals surface area contributed by atoms with Crippen molar-refractivity contribution in [1.82, 2.24) is 10.3 Å². The second kappa shape index (κ2) is 5.90. The highest BCUT2D eigenvalue weighted by molar-refractivity contribution is 6.41. The number of carbonyl (C=O) groups excluding carboxylic acids is 1. The molecule has 0 aromatic carbocycles. The Morgan fingerprint density at radius 1 is 1.59 bits per heavy atom. The van der Waals surface area contributed by atoms with Crippen LogP contribution in [-0.2, 0) is 9.53 Å². The minimum atomic E-state index is -1.19. The van der Waals surface area contributed by atoms with Crippen LogP contribution in [0.3, 0.4) is 0 Å². The molecule has 0 saturated heterocycles. The zero-order chi connectivity index (χ0) is 13.0. The third-order valence-corrected chi connectivity index (χ3v) is 2.60. The number of hydrogen-bond donors (Lipinski definition) is 3. The monoisotopic (exact) mass is 280 g/mol. The van der Waals surface area contributed by atoms with Crippen molar-refractivity contribution in [3.63, 3.8) is 0 Å². The van der Waals surface area contributed by atoms with E-state index < -0.39 is 17.9 Å². The highest BCUT2D eigenvalue weighted by atomic mass is 35.5. The molecule has 6 nitrogen and oxygen atoms in total. The number of halogens is 2. The largest absolute Gasteiger partial charge is 0.480 e. The minimum Gasteiger partial charge on any atom is -0.480 e. The van der Waals surface area contributed by atoms with Gasteiger partial charge in [-0.05, 0) is 6.07 Å². The molecule has 0 bridgehead atoms. The molecular formula is C9H10Cl2N2O4. The van der Waals surface area contributed by atoms with E-state index >= 15 is 0 Å². The molecule has 0 aliphatic rings. The molecule has 1 amide bonds. The Balaban J connectivity index is 2.73. The topological polar surface area (TPSA) is 91.4 Å². The molecule has 1 unspecified atom stereocenters. The Kier molecular flexibility index (Phi) is 4.80. The van der Waals surface area contributed by atoms with Crippen LogP contribution in [0.2, 0.25) is 10.2 Å². The number of rotatable bonds is 5. The van der Waals surface area contributed by atoms with E-state index in [0.29, 0.717) is 0 Å². The summed E-state index contributed by atoms with van der Waals surface area (Å²) < 4.78 is 4.67. The lowest BCUT2D eigenvalue weighted by molar-refractivity contribution is -0.140. The quantitative estimate of drug-likeness (QED) is 0.755. The molecule has 0 aliphatic heterocycles. The average Bonchev–Trinajstić information content (AvgIpc) is 2.58. The van der Waals surface area contributed by atoms with Gasteiger partial charge in [0.25, 0.3) is 5.91 Å². The maximum Gasteiger partial charge on any atom is 0.328 e. The molecule has 1 aromatic heterocycles. The average molecular weight is 281 g/mol. The second-order valence-corrected chi connectivity index (χ2v) is 3.95. The van der Waals surface area contributed by atoms with Gasteiger partial charge >= 0.3 is 5.97 Å². The molecule has 0 aliphatic carbocycles. The van der Waals surface area contributed by atoms with Gasteiger partial charge in [-0.25, -0.2) is 4.79 Å². The standard InChI is InChI=1S/C9H10Cl2N2O4/c1-17-3-6(9(15)16)13-8(14)5-2-4(10)7(11)12-5/h2,6,12H,3H2,1H3,(H,13,14)(H,15,16). The maximum absolute atomic E-state index is 11.6. The van der Waals surface area contributed by atoms with E-state index in [1.807, 2.05) is 0 Å². The van der Waals surface area contributed by atoms with Crippen LogP contribution < -0.4 is 5.32 Å². The first-order chi connectivity index (χ1) is 7.95. The molecule has 1 heterocycles. The molecule has 0 saturated carbocycles. The summed E-state index contributed by atoms with van der Waals surface area (Å²) in [4.78, 5) is 24.9. The van der Waals surface area contributed by atoms with Crippen molar-refractivity contribution in [1.29, 1.82) is 0 Å². The minimum absolute atomic E-state index is 0.0855. The molecule has 94 valence electrons. The lowest BCUT2D eigenvalue weighted by atomic mass is 10.3. The highest BCUT2D eigenvalue weighted by Crippen LogP contribution is 2.21. The van der Waals surface area contributed by atoms with Crippen LogP contribution in [0.1, 0.15) is 10.5 Å². The fourth-order valence-electron chi connectivity index (χ4n) is 1.10. The molecule has 0 spiro atoms. The van der Waals surface area contributed by atoms with Gasteiger partial charge in [0.15, 0.2) is 6.04 Å². The number of carbonyl (C=O) groups is 2. The summed E-state index contributed by atoms with van der Waals surface area (Å²) in [5.74, 6) is -1.81. The smallest absolute Gasteiger partial charge is 0.328 e. The van der Waals surface area contributed by atoms with Crippen LogP contribution >= 0.6 is 23.2 Å². The first-order valence-electron chi connectivity index (χ1n) is 4.52. The van der Waals surface area contributed by atoms with Crippen LogP contribution in [0.25, 0.3) is 0 Å². The fraction of sp³-hybridized carbons (Fsp3) is 0.333. The van der Waals surface area contributed by atoms with Gasteiger partial charge in [-0.3, -0.25) is 4.79 Å². The maximum atomic E-state index is 11.6. The van der Waals surface area contributed by atoms with Crippen molar-refractivity contribution in [2.24, 2.45) is 0 Å². The summed E-state index contributed by atoms with van der Waals surface area (Å²) in [5.41, 5.74) is 0.0855. The summed E-state index contributed by atoms with van der Waals surface area (Å²) >= 11 is 11.3. The number of aromatic amines is 1. The van der Waals surface area contributed by atoms with E-state index in [1.54, 1.807) is 0 Å². The Labute approximate surface area is 107 Å². The molecule has 1 atom stereocenters. The molecular weight excluding hydrogens is 271 g/mol. The number of carboxylic acids is 1. The highest BCUT2D eigenvalue weighted by Gasteiger charge is 2.21. The molecule has 0 fully saturated rings. The molecule has 1 aromatic rings. The molecule has 3 N–H and O–H groups in total. The first-order valence-corrected chi connectivity index (χ1v) is 5.28. The summed E-state index contributed by atoms with van der Waals surface area (Å²) in [6.07, 6.45) is 0. The molecule has 17 heavy (non-hydrogen) atoms. The van der Waals surface area contributed by atoms with E-state index in [2.05, 4.69) is 15.0 Å². The Hall–Kier alpha value is -1.24. The third kappa shape index (κ3) is 3.62. The van der Waals surface area contributed by atoms with Crippen molar-refractivity contribution in [3.8, 4) is 0 Å². The SMILES string of the molecule is COCC(NC(=O)c1cc(Cl)c(Cl)[nH]1)C(=O)O. The number of H-pyrrole nitrogens is 1. The predicted octanol–water partition coefficient (Wildman–Crippen LogP) is 1.15. The van der Waals surface area contributed by atoms with E-state index in [-0.39, 0.29) is 22.5 Å². The van der Waals surface area contributed by atoms with Gasteiger partial charge in [0.2, 0.25) is 0 Å². The van der Waals surface area contributed by atoms with Gasteiger partial charge in [0.05, 0.1) is 11.6 Å². The number of aromatic nitrogens is 1. The van der Waals surface area contributed by atoms with Gasteiger partial charge in [0, 0.05) is 7.11 Å². The molecule has 1 rings (SSSR count). The number of aliphatic carboxylic acids is 1.